The Morgan fingerprint density at radius 1 is 1.33 bits per heavy atom. The molecule has 4 nitrogen and oxygen atoms in total. The molecule has 0 spiro atoms. The van der Waals surface area contributed by atoms with Gasteiger partial charge in [-0.2, -0.15) is 0 Å². The van der Waals surface area contributed by atoms with E-state index in [9.17, 15) is 9.90 Å². The number of halogens is 1. The second-order valence-electron chi connectivity index (χ2n) is 5.11. The van der Waals surface area contributed by atoms with Crippen LogP contribution in [0.2, 0.25) is 5.02 Å². The van der Waals surface area contributed by atoms with E-state index in [4.69, 9.17) is 11.6 Å². The number of carbonyl (C=O) groups excluding carboxylic acids is 1. The van der Waals surface area contributed by atoms with E-state index >= 15 is 0 Å². The van der Waals surface area contributed by atoms with Gasteiger partial charge in [-0.15, -0.1) is 0 Å². The first-order chi connectivity index (χ1) is 10.2. The van der Waals surface area contributed by atoms with Gasteiger partial charge in [0.1, 0.15) is 5.75 Å². The van der Waals surface area contributed by atoms with E-state index in [0.29, 0.717) is 17.1 Å². The van der Waals surface area contributed by atoms with Crippen LogP contribution >= 0.6 is 11.6 Å². The number of amides is 1. The molecule has 0 bridgehead atoms. The van der Waals surface area contributed by atoms with Crippen molar-refractivity contribution in [2.45, 2.75) is 18.9 Å². The van der Waals surface area contributed by atoms with Crippen molar-refractivity contribution in [2.75, 3.05) is 6.54 Å². The van der Waals surface area contributed by atoms with Gasteiger partial charge in [0.15, 0.2) is 0 Å². The van der Waals surface area contributed by atoms with Crippen molar-refractivity contribution in [3.63, 3.8) is 0 Å². The SMILES string of the molecule is O=C(c1cncc(O)c1)N1CCCC1c1ccccc1Cl. The fraction of sp³-hybridized carbons (Fsp3) is 0.250. The Morgan fingerprint density at radius 3 is 2.90 bits per heavy atom. The van der Waals surface area contributed by atoms with Gasteiger partial charge >= 0.3 is 0 Å². The highest BCUT2D eigenvalue weighted by Gasteiger charge is 2.31. The molecule has 108 valence electrons. The Kier molecular flexibility index (Phi) is 3.80. The topological polar surface area (TPSA) is 53.4 Å². The quantitative estimate of drug-likeness (QED) is 0.925. The monoisotopic (exact) mass is 302 g/mol. The number of benzene rings is 1. The van der Waals surface area contributed by atoms with Crippen LogP contribution in [0.1, 0.15) is 34.8 Å². The molecular weight excluding hydrogens is 288 g/mol. The van der Waals surface area contributed by atoms with Gasteiger partial charge in [-0.1, -0.05) is 29.8 Å². The van der Waals surface area contributed by atoms with E-state index in [1.165, 1.54) is 18.5 Å². The minimum Gasteiger partial charge on any atom is -0.506 e. The van der Waals surface area contributed by atoms with Crippen LogP contribution in [0.3, 0.4) is 0 Å². The molecule has 1 aromatic heterocycles. The first kappa shape index (κ1) is 13.9. The minimum absolute atomic E-state index is 0.00524. The summed E-state index contributed by atoms with van der Waals surface area (Å²) in [6.45, 7) is 0.685. The summed E-state index contributed by atoms with van der Waals surface area (Å²) in [7, 11) is 0. The van der Waals surface area contributed by atoms with Gasteiger partial charge in [0.25, 0.3) is 5.91 Å². The number of aromatic nitrogens is 1. The Balaban J connectivity index is 1.91. The molecule has 3 rings (SSSR count). The van der Waals surface area contributed by atoms with Gasteiger partial charge in [0, 0.05) is 17.8 Å². The van der Waals surface area contributed by atoms with Crippen LogP contribution in [-0.4, -0.2) is 27.4 Å². The molecule has 1 saturated heterocycles. The standard InChI is InChI=1S/C16H15ClN2O2/c17-14-5-2-1-4-13(14)15-6-3-7-19(15)16(21)11-8-12(20)10-18-9-11/h1-2,4-5,8-10,15,20H,3,6-7H2. The summed E-state index contributed by atoms with van der Waals surface area (Å²) in [6, 6.07) is 9.03. The van der Waals surface area contributed by atoms with Gasteiger partial charge in [0.05, 0.1) is 17.8 Å². The van der Waals surface area contributed by atoms with Crippen molar-refractivity contribution in [1.29, 1.82) is 0 Å². The van der Waals surface area contributed by atoms with Crippen LogP contribution in [0.15, 0.2) is 42.7 Å². The molecule has 1 amide bonds. The van der Waals surface area contributed by atoms with Crippen LogP contribution in [0, 0.1) is 0 Å². The first-order valence-electron chi connectivity index (χ1n) is 6.86. The first-order valence-corrected chi connectivity index (χ1v) is 7.24. The molecule has 0 aliphatic carbocycles. The number of aromatic hydroxyl groups is 1. The van der Waals surface area contributed by atoms with E-state index in [2.05, 4.69) is 4.98 Å². The van der Waals surface area contributed by atoms with E-state index < -0.39 is 0 Å². The highest BCUT2D eigenvalue weighted by atomic mass is 35.5. The maximum atomic E-state index is 12.6. The Bertz CT molecular complexity index is 675. The molecule has 1 aliphatic heterocycles. The average Bonchev–Trinajstić information content (AvgIpc) is 2.96. The van der Waals surface area contributed by atoms with Gasteiger partial charge in [-0.05, 0) is 30.5 Å². The third-order valence-corrected chi connectivity index (χ3v) is 4.09. The van der Waals surface area contributed by atoms with Crippen molar-refractivity contribution in [1.82, 2.24) is 9.88 Å². The fourth-order valence-electron chi connectivity index (χ4n) is 2.79. The summed E-state index contributed by atoms with van der Waals surface area (Å²) in [5.74, 6) is -0.129. The summed E-state index contributed by atoms with van der Waals surface area (Å²) in [6.07, 6.45) is 4.62. The van der Waals surface area contributed by atoms with Crippen molar-refractivity contribution >= 4 is 17.5 Å². The van der Waals surface area contributed by atoms with E-state index in [-0.39, 0.29) is 17.7 Å². The summed E-state index contributed by atoms with van der Waals surface area (Å²) < 4.78 is 0. The van der Waals surface area contributed by atoms with Gasteiger partial charge in [0.2, 0.25) is 0 Å². The van der Waals surface area contributed by atoms with Crippen LogP contribution in [0.4, 0.5) is 0 Å². The highest BCUT2D eigenvalue weighted by Crippen LogP contribution is 2.36. The van der Waals surface area contributed by atoms with E-state index in [0.717, 1.165) is 18.4 Å². The molecular formula is C16H15ClN2O2. The normalized spacial score (nSPS) is 18.0. The molecule has 1 fully saturated rings. The smallest absolute Gasteiger partial charge is 0.256 e. The van der Waals surface area contributed by atoms with Crippen LogP contribution in [0.5, 0.6) is 5.75 Å². The second kappa shape index (κ2) is 5.74. The Hall–Kier alpha value is -2.07. The Labute approximate surface area is 128 Å². The zero-order valence-electron chi connectivity index (χ0n) is 11.4. The lowest BCUT2D eigenvalue weighted by atomic mass is 10.0. The predicted octanol–water partition coefficient (Wildman–Crippen LogP) is 3.42. The summed E-state index contributed by atoms with van der Waals surface area (Å²) in [5, 5.41) is 10.2. The number of carbonyl (C=O) groups is 1. The zero-order valence-corrected chi connectivity index (χ0v) is 12.1. The molecule has 1 aromatic carbocycles. The van der Waals surface area contributed by atoms with Gasteiger partial charge in [-0.25, -0.2) is 0 Å². The van der Waals surface area contributed by atoms with Crippen LogP contribution < -0.4 is 0 Å². The fourth-order valence-corrected chi connectivity index (χ4v) is 3.05. The van der Waals surface area contributed by atoms with Gasteiger partial charge in [-0.3, -0.25) is 9.78 Å². The largest absolute Gasteiger partial charge is 0.506 e. The third-order valence-electron chi connectivity index (χ3n) is 3.75. The van der Waals surface area contributed by atoms with E-state index in [1.54, 1.807) is 4.90 Å². The number of pyridine rings is 1. The van der Waals surface area contributed by atoms with Crippen molar-refractivity contribution in [2.24, 2.45) is 0 Å². The zero-order chi connectivity index (χ0) is 14.8. The molecule has 1 N–H and O–H groups in total. The maximum Gasteiger partial charge on any atom is 0.256 e. The number of likely N-dealkylation sites (tertiary alicyclic amines) is 1. The van der Waals surface area contributed by atoms with E-state index in [1.807, 2.05) is 24.3 Å². The minimum atomic E-state index is -0.124. The molecule has 1 aliphatic rings. The lowest BCUT2D eigenvalue weighted by molar-refractivity contribution is 0.0735. The third kappa shape index (κ3) is 2.72. The summed E-state index contributed by atoms with van der Waals surface area (Å²) >= 11 is 6.26. The number of rotatable bonds is 2. The van der Waals surface area contributed by atoms with Gasteiger partial charge < -0.3 is 10.0 Å². The Morgan fingerprint density at radius 2 is 2.14 bits per heavy atom. The molecule has 5 heteroatoms. The van der Waals surface area contributed by atoms with Crippen molar-refractivity contribution < 1.29 is 9.90 Å². The maximum absolute atomic E-state index is 12.6. The number of hydrogen-bond donors (Lipinski definition) is 1. The summed E-state index contributed by atoms with van der Waals surface area (Å²) in [4.78, 5) is 18.3. The highest BCUT2D eigenvalue weighted by molar-refractivity contribution is 6.31. The van der Waals surface area contributed by atoms with Crippen molar-refractivity contribution in [3.8, 4) is 5.75 Å². The molecule has 2 heterocycles. The molecule has 1 atom stereocenters. The molecule has 2 aromatic rings. The molecule has 1 unspecified atom stereocenters. The average molecular weight is 303 g/mol. The molecule has 0 radical (unpaired) electrons. The molecule has 21 heavy (non-hydrogen) atoms. The van der Waals surface area contributed by atoms with Crippen LogP contribution in [-0.2, 0) is 0 Å². The number of nitrogens with zero attached hydrogens (tertiary/aromatic N) is 2. The lowest BCUT2D eigenvalue weighted by Crippen LogP contribution is -2.30. The van der Waals surface area contributed by atoms with Crippen molar-refractivity contribution in [3.05, 3.63) is 58.9 Å². The predicted molar refractivity (Wildman–Crippen MR) is 80.4 cm³/mol. The van der Waals surface area contributed by atoms with Crippen LogP contribution in [0.25, 0.3) is 0 Å². The lowest BCUT2D eigenvalue weighted by Gasteiger charge is -2.25. The molecule has 0 saturated carbocycles. The second-order valence-corrected chi connectivity index (χ2v) is 5.52. The summed E-state index contributed by atoms with van der Waals surface area (Å²) in [5.41, 5.74) is 1.37. The number of hydrogen-bond acceptors (Lipinski definition) is 3.